The van der Waals surface area contributed by atoms with Gasteiger partial charge in [-0.3, -0.25) is 4.79 Å². The van der Waals surface area contributed by atoms with Crippen LogP contribution in [0.2, 0.25) is 0 Å². The van der Waals surface area contributed by atoms with Crippen molar-refractivity contribution in [1.82, 2.24) is 15.3 Å². The number of amides is 1. The lowest BCUT2D eigenvalue weighted by atomic mass is 9.99. The molecule has 2 aromatic carbocycles. The summed E-state index contributed by atoms with van der Waals surface area (Å²) in [6, 6.07) is 13.0. The van der Waals surface area contributed by atoms with Gasteiger partial charge in [-0.2, -0.15) is 0 Å². The molecule has 4 rings (SSSR count). The number of anilines is 2. The third-order valence-electron chi connectivity index (χ3n) is 5.60. The highest BCUT2D eigenvalue weighted by atomic mass is 31.2. The summed E-state index contributed by atoms with van der Waals surface area (Å²) in [7, 11) is 0.791. The fraction of sp³-hybridized carbons (Fsp3) is 0.240. The third-order valence-corrected chi connectivity index (χ3v) is 7.12. The molecule has 1 aliphatic carbocycles. The van der Waals surface area contributed by atoms with Crippen LogP contribution in [0.4, 0.5) is 11.6 Å². The SMILES string of the molecule is CNC(=O)c1ccccc1Cc1nc(Nc2ccc(P(C)(C)=O)cc2OC)nc2c1C=CC2. The lowest BCUT2D eigenvalue weighted by molar-refractivity contribution is 0.0962. The highest BCUT2D eigenvalue weighted by Crippen LogP contribution is 2.38. The van der Waals surface area contributed by atoms with Gasteiger partial charge in [0.05, 0.1) is 24.2 Å². The van der Waals surface area contributed by atoms with Crippen LogP contribution in [0.3, 0.4) is 0 Å². The number of nitrogens with one attached hydrogen (secondary N) is 2. The summed E-state index contributed by atoms with van der Waals surface area (Å²) < 4.78 is 18.0. The minimum atomic E-state index is -2.41. The summed E-state index contributed by atoms with van der Waals surface area (Å²) in [6.07, 6.45) is 5.32. The summed E-state index contributed by atoms with van der Waals surface area (Å²) in [5.41, 5.74) is 4.99. The van der Waals surface area contributed by atoms with Crippen LogP contribution in [0.15, 0.2) is 48.5 Å². The van der Waals surface area contributed by atoms with Crippen LogP contribution >= 0.6 is 7.14 Å². The number of rotatable bonds is 7. The number of aromatic nitrogens is 2. The molecule has 0 unspecified atom stereocenters. The van der Waals surface area contributed by atoms with Gasteiger partial charge in [0.15, 0.2) is 0 Å². The van der Waals surface area contributed by atoms with Gasteiger partial charge < -0.3 is 19.9 Å². The van der Waals surface area contributed by atoms with Gasteiger partial charge in [0.2, 0.25) is 5.95 Å². The van der Waals surface area contributed by atoms with Gasteiger partial charge in [-0.1, -0.05) is 30.4 Å². The molecule has 0 spiro atoms. The van der Waals surface area contributed by atoms with E-state index in [1.165, 1.54) is 0 Å². The van der Waals surface area contributed by atoms with E-state index in [0.717, 1.165) is 34.2 Å². The largest absolute Gasteiger partial charge is 0.495 e. The molecular weight excluding hydrogens is 435 g/mol. The van der Waals surface area contributed by atoms with Crippen molar-refractivity contribution in [3.05, 3.63) is 76.6 Å². The van der Waals surface area contributed by atoms with E-state index in [-0.39, 0.29) is 5.91 Å². The van der Waals surface area contributed by atoms with Crippen molar-refractivity contribution in [2.75, 3.05) is 32.8 Å². The summed E-state index contributed by atoms with van der Waals surface area (Å²) in [5, 5.41) is 6.71. The van der Waals surface area contributed by atoms with Gasteiger partial charge in [-0.05, 0) is 43.2 Å². The van der Waals surface area contributed by atoms with Crippen LogP contribution in [-0.4, -0.2) is 43.4 Å². The summed E-state index contributed by atoms with van der Waals surface area (Å²) >= 11 is 0. The number of hydrogen-bond donors (Lipinski definition) is 2. The number of allylic oxidation sites excluding steroid dienone is 1. The molecule has 1 aliphatic rings. The molecule has 170 valence electrons. The van der Waals surface area contributed by atoms with Gasteiger partial charge in [-0.25, -0.2) is 9.97 Å². The molecule has 1 aromatic heterocycles. The fourth-order valence-electron chi connectivity index (χ4n) is 3.84. The minimum absolute atomic E-state index is 0.126. The van der Waals surface area contributed by atoms with E-state index in [1.54, 1.807) is 33.6 Å². The second-order valence-corrected chi connectivity index (χ2v) is 11.5. The maximum atomic E-state index is 12.5. The minimum Gasteiger partial charge on any atom is -0.495 e. The molecule has 0 saturated heterocycles. The number of carbonyl (C=O) groups is 1. The first-order valence-electron chi connectivity index (χ1n) is 10.7. The summed E-state index contributed by atoms with van der Waals surface area (Å²) in [5.74, 6) is 0.899. The summed E-state index contributed by atoms with van der Waals surface area (Å²) in [4.78, 5) is 21.8. The highest BCUT2D eigenvalue weighted by Gasteiger charge is 2.20. The maximum Gasteiger partial charge on any atom is 0.251 e. The zero-order valence-electron chi connectivity index (χ0n) is 19.2. The molecule has 0 radical (unpaired) electrons. The zero-order valence-corrected chi connectivity index (χ0v) is 20.1. The van der Waals surface area contributed by atoms with Crippen molar-refractivity contribution in [3.8, 4) is 5.75 Å². The van der Waals surface area contributed by atoms with E-state index in [0.29, 0.717) is 29.4 Å². The average Bonchev–Trinajstić information content (AvgIpc) is 3.27. The molecule has 0 atom stereocenters. The molecule has 2 N–H and O–H groups in total. The summed E-state index contributed by atoms with van der Waals surface area (Å²) in [6.45, 7) is 3.46. The number of methoxy groups -OCH3 is 1. The second kappa shape index (κ2) is 9.20. The first-order chi connectivity index (χ1) is 15.8. The monoisotopic (exact) mass is 462 g/mol. The predicted molar refractivity (Wildman–Crippen MR) is 133 cm³/mol. The third kappa shape index (κ3) is 4.83. The molecule has 0 aliphatic heterocycles. The van der Waals surface area contributed by atoms with Gasteiger partial charge in [0.25, 0.3) is 5.91 Å². The lowest BCUT2D eigenvalue weighted by Gasteiger charge is -2.16. The zero-order chi connectivity index (χ0) is 23.6. The Kier molecular flexibility index (Phi) is 6.34. The van der Waals surface area contributed by atoms with E-state index in [4.69, 9.17) is 14.7 Å². The quantitative estimate of drug-likeness (QED) is 0.516. The van der Waals surface area contributed by atoms with Crippen molar-refractivity contribution in [2.24, 2.45) is 0 Å². The Morgan fingerprint density at radius 1 is 1.15 bits per heavy atom. The van der Waals surface area contributed by atoms with Gasteiger partial charge in [0.1, 0.15) is 12.9 Å². The second-order valence-electron chi connectivity index (χ2n) is 8.23. The number of carbonyl (C=O) groups excluding carboxylic acids is 1. The topological polar surface area (TPSA) is 93.2 Å². The molecule has 0 bridgehead atoms. The van der Waals surface area contributed by atoms with Crippen LogP contribution in [0.5, 0.6) is 5.75 Å². The van der Waals surface area contributed by atoms with E-state index < -0.39 is 7.14 Å². The lowest BCUT2D eigenvalue weighted by Crippen LogP contribution is -2.20. The van der Waals surface area contributed by atoms with Crippen LogP contribution < -0.4 is 20.7 Å². The number of nitrogens with zero attached hydrogens (tertiary/aromatic N) is 2. The number of ether oxygens (including phenoxy) is 1. The first kappa shape index (κ1) is 22.7. The number of benzene rings is 2. The van der Waals surface area contributed by atoms with Crippen LogP contribution in [-0.2, 0) is 17.4 Å². The first-order valence-corrected chi connectivity index (χ1v) is 13.3. The molecule has 0 saturated carbocycles. The maximum absolute atomic E-state index is 12.5. The molecule has 3 aromatic rings. The molecule has 8 heteroatoms. The van der Waals surface area contributed by atoms with Crippen LogP contribution in [0, 0.1) is 0 Å². The van der Waals surface area contributed by atoms with Crippen molar-refractivity contribution in [2.45, 2.75) is 12.8 Å². The van der Waals surface area contributed by atoms with E-state index in [2.05, 4.69) is 16.7 Å². The number of fused-ring (bicyclic) bond motifs is 1. The highest BCUT2D eigenvalue weighted by molar-refractivity contribution is 7.70. The Balaban J connectivity index is 1.70. The molecule has 7 nitrogen and oxygen atoms in total. The van der Waals surface area contributed by atoms with E-state index >= 15 is 0 Å². The van der Waals surface area contributed by atoms with Crippen LogP contribution in [0.1, 0.15) is 32.9 Å². The number of hydrogen-bond acceptors (Lipinski definition) is 6. The molecular formula is C25H27N4O3P. The Morgan fingerprint density at radius 3 is 2.67 bits per heavy atom. The molecule has 0 fully saturated rings. The molecule has 1 amide bonds. The Hall–Kier alpha value is -3.44. The van der Waals surface area contributed by atoms with E-state index in [9.17, 15) is 9.36 Å². The Bertz CT molecular complexity index is 1300. The van der Waals surface area contributed by atoms with Crippen molar-refractivity contribution in [1.29, 1.82) is 0 Å². The van der Waals surface area contributed by atoms with Crippen molar-refractivity contribution < 1.29 is 14.1 Å². The van der Waals surface area contributed by atoms with Crippen molar-refractivity contribution >= 4 is 36.1 Å². The van der Waals surface area contributed by atoms with Crippen molar-refractivity contribution in [3.63, 3.8) is 0 Å². The van der Waals surface area contributed by atoms with E-state index in [1.807, 2.05) is 42.5 Å². The van der Waals surface area contributed by atoms with Gasteiger partial charge in [0, 0.05) is 36.3 Å². The molecule has 33 heavy (non-hydrogen) atoms. The molecule has 1 heterocycles. The average molecular weight is 462 g/mol. The Labute approximate surface area is 193 Å². The predicted octanol–water partition coefficient (Wildman–Crippen LogP) is 4.00. The van der Waals surface area contributed by atoms with Gasteiger partial charge >= 0.3 is 0 Å². The Morgan fingerprint density at radius 2 is 1.94 bits per heavy atom. The normalized spacial score (nSPS) is 12.4. The fourth-order valence-corrected chi connectivity index (χ4v) is 4.71. The standard InChI is InChI=1S/C25H27N4O3P/c1-26-24(30)18-9-6-5-8-16(18)14-22-19-10-7-11-20(19)27-25(29-22)28-21-13-12-17(33(3,4)31)15-23(21)32-2/h5-10,12-13,15H,11,14H2,1-4H3,(H,26,30)(H,27,28,29). The van der Waals surface area contributed by atoms with Crippen LogP contribution in [0.25, 0.3) is 6.08 Å². The van der Waals surface area contributed by atoms with Gasteiger partial charge in [-0.15, -0.1) is 0 Å². The smallest absolute Gasteiger partial charge is 0.251 e.